The van der Waals surface area contributed by atoms with E-state index in [-0.39, 0.29) is 17.2 Å². The first-order chi connectivity index (χ1) is 14.3. The van der Waals surface area contributed by atoms with Gasteiger partial charge in [0.1, 0.15) is 5.82 Å². The molecule has 0 fully saturated rings. The molecule has 2 amide bonds. The van der Waals surface area contributed by atoms with Gasteiger partial charge in [0.2, 0.25) is 0 Å². The summed E-state index contributed by atoms with van der Waals surface area (Å²) in [6, 6.07) is 10.9. The van der Waals surface area contributed by atoms with Crippen LogP contribution in [0.15, 0.2) is 53.1 Å². The molecule has 0 atom stereocenters. The van der Waals surface area contributed by atoms with Gasteiger partial charge in [0.05, 0.1) is 34.2 Å². The van der Waals surface area contributed by atoms with Gasteiger partial charge in [-0.25, -0.2) is 14.8 Å². The molecule has 30 heavy (non-hydrogen) atoms. The molecule has 4 rings (SSSR count). The zero-order valence-electron chi connectivity index (χ0n) is 15.0. The van der Waals surface area contributed by atoms with Crippen LogP contribution in [0.5, 0.6) is 0 Å². The Hall–Kier alpha value is -2.92. The monoisotopic (exact) mass is 495 g/mol. The van der Waals surface area contributed by atoms with Crippen LogP contribution in [-0.4, -0.2) is 21.0 Å². The van der Waals surface area contributed by atoms with E-state index in [9.17, 15) is 18.0 Å². The summed E-state index contributed by atoms with van der Waals surface area (Å²) >= 11 is 4.35. The summed E-state index contributed by atoms with van der Waals surface area (Å²) in [4.78, 5) is 23.4. The van der Waals surface area contributed by atoms with Gasteiger partial charge in [-0.1, -0.05) is 45.5 Å². The highest BCUT2D eigenvalue weighted by Crippen LogP contribution is 2.37. The molecule has 2 aromatic heterocycles. The van der Waals surface area contributed by atoms with Gasteiger partial charge in [-0.15, -0.1) is 0 Å². The number of imidazole rings is 1. The zero-order valence-corrected chi connectivity index (χ0v) is 17.5. The number of carbonyl (C=O) groups is 1. The number of benzene rings is 2. The van der Waals surface area contributed by atoms with Crippen LogP contribution in [0.3, 0.4) is 0 Å². The number of aromatic amines is 1. The highest BCUT2D eigenvalue weighted by molar-refractivity contribution is 9.10. The van der Waals surface area contributed by atoms with E-state index in [4.69, 9.17) is 0 Å². The van der Waals surface area contributed by atoms with Gasteiger partial charge in [0.25, 0.3) is 0 Å². The lowest BCUT2D eigenvalue weighted by molar-refractivity contribution is -0.136. The smallest absolute Gasteiger partial charge is 0.341 e. The molecule has 0 radical (unpaired) electrons. The summed E-state index contributed by atoms with van der Waals surface area (Å²) in [6.45, 7) is 0.112. The number of anilines is 1. The second-order valence-corrected chi connectivity index (χ2v) is 8.17. The quantitative estimate of drug-likeness (QED) is 0.335. The second-order valence-electron chi connectivity index (χ2n) is 6.23. The topological polar surface area (TPSA) is 82.7 Å². The average Bonchev–Trinajstić information content (AvgIpc) is 3.32. The number of alkyl halides is 3. The third-order valence-electron chi connectivity index (χ3n) is 4.14. The number of nitrogens with one attached hydrogen (secondary N) is 3. The molecule has 0 aliphatic heterocycles. The molecule has 0 spiro atoms. The number of H-pyrrole nitrogens is 1. The minimum Gasteiger partial charge on any atom is -0.341 e. The van der Waals surface area contributed by atoms with Crippen LogP contribution in [0.4, 0.5) is 23.1 Å². The van der Waals surface area contributed by atoms with Crippen molar-refractivity contribution in [1.29, 1.82) is 0 Å². The van der Waals surface area contributed by atoms with Crippen LogP contribution >= 0.6 is 27.3 Å². The van der Waals surface area contributed by atoms with Crippen LogP contribution in [0.25, 0.3) is 21.5 Å². The van der Waals surface area contributed by atoms with Crippen LogP contribution in [0.2, 0.25) is 0 Å². The van der Waals surface area contributed by atoms with E-state index < -0.39 is 17.8 Å². The first-order valence-corrected chi connectivity index (χ1v) is 10.2. The van der Waals surface area contributed by atoms with Crippen molar-refractivity contribution in [2.45, 2.75) is 12.7 Å². The van der Waals surface area contributed by atoms with Crippen molar-refractivity contribution in [3.8, 4) is 11.3 Å². The Morgan fingerprint density at radius 1 is 1.17 bits per heavy atom. The molecule has 2 heterocycles. The lowest BCUT2D eigenvalue weighted by Crippen LogP contribution is -2.28. The van der Waals surface area contributed by atoms with Crippen molar-refractivity contribution < 1.29 is 18.0 Å². The number of urea groups is 1. The molecule has 3 N–H and O–H groups in total. The molecule has 0 bridgehead atoms. The van der Waals surface area contributed by atoms with E-state index in [2.05, 4.69) is 41.5 Å². The number of thiazole rings is 1. The number of amides is 2. The average molecular weight is 496 g/mol. The first kappa shape index (κ1) is 20.4. The van der Waals surface area contributed by atoms with Crippen molar-refractivity contribution in [2.75, 3.05) is 5.32 Å². The fraction of sp³-hybridized carbons (Fsp3) is 0.105. The lowest BCUT2D eigenvalue weighted by Gasteiger charge is -2.06. The number of halogens is 4. The third kappa shape index (κ3) is 4.46. The largest absolute Gasteiger partial charge is 0.418 e. The minimum absolute atomic E-state index is 0.0780. The molecule has 0 aliphatic rings. The second kappa shape index (κ2) is 8.07. The maximum atomic E-state index is 13.1. The number of hydrogen-bond acceptors (Lipinski definition) is 4. The number of rotatable bonds is 4. The molecular weight excluding hydrogens is 483 g/mol. The molecular formula is C19H13BrF3N5OS. The van der Waals surface area contributed by atoms with Gasteiger partial charge >= 0.3 is 12.2 Å². The maximum absolute atomic E-state index is 13.1. The summed E-state index contributed by atoms with van der Waals surface area (Å²) in [5, 5.41) is 5.15. The maximum Gasteiger partial charge on any atom is 0.418 e. The van der Waals surface area contributed by atoms with E-state index in [1.54, 1.807) is 6.20 Å². The highest BCUT2D eigenvalue weighted by Gasteiger charge is 2.33. The van der Waals surface area contributed by atoms with E-state index in [1.807, 2.05) is 24.3 Å². The lowest BCUT2D eigenvalue weighted by atomic mass is 10.2. The molecule has 11 heteroatoms. The summed E-state index contributed by atoms with van der Waals surface area (Å²) < 4.78 is 40.6. The fourth-order valence-electron chi connectivity index (χ4n) is 2.76. The normalized spacial score (nSPS) is 11.6. The molecule has 0 saturated carbocycles. The van der Waals surface area contributed by atoms with Crippen molar-refractivity contribution >= 4 is 48.6 Å². The van der Waals surface area contributed by atoms with Gasteiger partial charge in [-0.3, -0.25) is 5.32 Å². The molecule has 0 unspecified atom stereocenters. The van der Waals surface area contributed by atoms with Crippen molar-refractivity contribution in [3.05, 3.63) is 64.5 Å². The van der Waals surface area contributed by atoms with E-state index in [0.29, 0.717) is 10.5 Å². The summed E-state index contributed by atoms with van der Waals surface area (Å²) in [5.41, 5.74) is 0.721. The molecule has 2 aromatic carbocycles. The molecule has 154 valence electrons. The predicted molar refractivity (Wildman–Crippen MR) is 112 cm³/mol. The Labute approximate surface area is 180 Å². The number of para-hydroxylation sites is 1. The predicted octanol–water partition coefficient (Wildman–Crippen LogP) is 5.79. The van der Waals surface area contributed by atoms with Gasteiger partial charge in [-0.2, -0.15) is 13.2 Å². The SMILES string of the molecule is O=C(NCc1ncc(-c2ccc(Br)cc2)[nH]1)Nc1nc2c(C(F)(F)F)cccc2s1. The number of hydrogen-bond donors (Lipinski definition) is 3. The van der Waals surface area contributed by atoms with Gasteiger partial charge < -0.3 is 10.3 Å². The first-order valence-electron chi connectivity index (χ1n) is 8.61. The summed E-state index contributed by atoms with van der Waals surface area (Å²) in [5.74, 6) is 0.534. The van der Waals surface area contributed by atoms with Crippen molar-refractivity contribution in [2.24, 2.45) is 0 Å². The Balaban J connectivity index is 1.40. The molecule has 0 saturated heterocycles. The minimum atomic E-state index is -4.51. The van der Waals surface area contributed by atoms with Crippen molar-refractivity contribution in [3.63, 3.8) is 0 Å². The summed E-state index contributed by atoms with van der Waals surface area (Å²) in [6.07, 6.45) is -2.86. The van der Waals surface area contributed by atoms with E-state index in [0.717, 1.165) is 33.1 Å². The highest BCUT2D eigenvalue weighted by atomic mass is 79.9. The Bertz CT molecular complexity index is 1200. The third-order valence-corrected chi connectivity index (χ3v) is 5.61. The van der Waals surface area contributed by atoms with E-state index in [1.165, 1.54) is 12.1 Å². The standard InChI is InChI=1S/C19H13BrF3N5OS/c20-11-6-4-10(5-7-11)13-8-24-15(26-13)9-25-17(29)28-18-27-16-12(19(21,22)23)2-1-3-14(16)30-18/h1-8H,9H2,(H,24,26)(H2,25,27,28,29). The number of carbonyl (C=O) groups excluding carboxylic acids is 1. The molecule has 0 aliphatic carbocycles. The van der Waals surface area contributed by atoms with Crippen molar-refractivity contribution in [1.82, 2.24) is 20.3 Å². The number of nitrogens with zero attached hydrogens (tertiary/aromatic N) is 2. The van der Waals surface area contributed by atoms with Gasteiger partial charge in [-0.05, 0) is 29.8 Å². The number of fused-ring (bicyclic) bond motifs is 1. The number of aromatic nitrogens is 3. The molecule has 6 nitrogen and oxygen atoms in total. The van der Waals surface area contributed by atoms with Gasteiger partial charge in [0.15, 0.2) is 5.13 Å². The fourth-order valence-corrected chi connectivity index (χ4v) is 3.92. The Morgan fingerprint density at radius 3 is 2.67 bits per heavy atom. The van der Waals surface area contributed by atoms with Crippen LogP contribution in [0.1, 0.15) is 11.4 Å². The van der Waals surface area contributed by atoms with Gasteiger partial charge in [0, 0.05) is 4.47 Å². The summed E-state index contributed by atoms with van der Waals surface area (Å²) in [7, 11) is 0. The van der Waals surface area contributed by atoms with Crippen LogP contribution in [0, 0.1) is 0 Å². The van der Waals surface area contributed by atoms with E-state index >= 15 is 0 Å². The Kier molecular flexibility index (Phi) is 5.48. The Morgan fingerprint density at radius 2 is 1.93 bits per heavy atom. The van der Waals surface area contributed by atoms with Crippen LogP contribution < -0.4 is 10.6 Å². The molecule has 4 aromatic rings. The van der Waals surface area contributed by atoms with Crippen LogP contribution in [-0.2, 0) is 12.7 Å². The zero-order chi connectivity index (χ0) is 21.3.